The molecule has 0 saturated heterocycles. The SMILES string of the molecule is CN(C)C(=O)c1ccc(Br)cc1C(=S)C(C(=O)O)C(=O)O. The molecule has 0 atom stereocenters. The summed E-state index contributed by atoms with van der Waals surface area (Å²) in [5.74, 6) is -5.43. The largest absolute Gasteiger partial charge is 0.480 e. The molecule has 1 aromatic carbocycles. The first-order chi connectivity index (χ1) is 9.66. The Balaban J connectivity index is 3.44. The van der Waals surface area contributed by atoms with Crippen LogP contribution in [-0.2, 0) is 9.59 Å². The van der Waals surface area contributed by atoms with Gasteiger partial charge >= 0.3 is 11.9 Å². The Hall–Kier alpha value is -1.80. The highest BCUT2D eigenvalue weighted by Gasteiger charge is 2.33. The van der Waals surface area contributed by atoms with Crippen LogP contribution < -0.4 is 0 Å². The van der Waals surface area contributed by atoms with Crippen LogP contribution in [0.2, 0.25) is 0 Å². The molecule has 0 spiro atoms. The average Bonchev–Trinajstić information content (AvgIpc) is 2.36. The summed E-state index contributed by atoms with van der Waals surface area (Å²) in [6, 6.07) is 4.51. The van der Waals surface area contributed by atoms with Gasteiger partial charge < -0.3 is 15.1 Å². The predicted molar refractivity (Wildman–Crippen MR) is 82.6 cm³/mol. The number of amides is 1. The minimum atomic E-state index is -1.89. The van der Waals surface area contributed by atoms with Crippen molar-refractivity contribution in [3.05, 3.63) is 33.8 Å². The third-order valence-corrected chi connectivity index (χ3v) is 3.59. The second-order valence-electron chi connectivity index (χ2n) is 4.36. The van der Waals surface area contributed by atoms with Crippen LogP contribution in [0.5, 0.6) is 0 Å². The third kappa shape index (κ3) is 3.85. The quantitative estimate of drug-likeness (QED) is 0.462. The lowest BCUT2D eigenvalue weighted by Gasteiger charge is -2.17. The van der Waals surface area contributed by atoms with Crippen molar-refractivity contribution in [3.63, 3.8) is 0 Å². The van der Waals surface area contributed by atoms with Crippen LogP contribution in [0, 0.1) is 5.92 Å². The molecular formula is C13H12BrNO5S. The van der Waals surface area contributed by atoms with E-state index in [0.717, 1.165) is 0 Å². The number of aliphatic carboxylic acids is 2. The Morgan fingerprint density at radius 1 is 1.14 bits per heavy atom. The van der Waals surface area contributed by atoms with Crippen molar-refractivity contribution < 1.29 is 24.6 Å². The second kappa shape index (κ2) is 6.77. The summed E-state index contributed by atoms with van der Waals surface area (Å²) < 4.78 is 0.560. The topological polar surface area (TPSA) is 94.9 Å². The number of carbonyl (C=O) groups excluding carboxylic acids is 1. The fourth-order valence-corrected chi connectivity index (χ4v) is 2.36. The second-order valence-corrected chi connectivity index (χ2v) is 5.72. The van der Waals surface area contributed by atoms with Gasteiger partial charge in [0.2, 0.25) is 0 Å². The average molecular weight is 374 g/mol. The van der Waals surface area contributed by atoms with Crippen LogP contribution in [0.4, 0.5) is 0 Å². The summed E-state index contributed by atoms with van der Waals surface area (Å²) in [4.78, 5) is 35.2. The normalized spacial score (nSPS) is 10.3. The number of nitrogens with zero attached hydrogens (tertiary/aromatic N) is 1. The van der Waals surface area contributed by atoms with E-state index in [9.17, 15) is 14.4 Å². The van der Waals surface area contributed by atoms with Crippen LogP contribution in [0.25, 0.3) is 0 Å². The molecule has 112 valence electrons. The number of halogens is 1. The first-order valence-electron chi connectivity index (χ1n) is 5.67. The summed E-state index contributed by atoms with van der Waals surface area (Å²) in [6.45, 7) is 0. The highest BCUT2D eigenvalue weighted by Crippen LogP contribution is 2.22. The molecule has 0 fully saturated rings. The molecule has 0 aliphatic heterocycles. The summed E-state index contributed by atoms with van der Waals surface area (Å²) in [7, 11) is 3.06. The van der Waals surface area contributed by atoms with E-state index in [-0.39, 0.29) is 16.0 Å². The van der Waals surface area contributed by atoms with Gasteiger partial charge in [0.25, 0.3) is 5.91 Å². The van der Waals surface area contributed by atoms with Gasteiger partial charge in [-0.1, -0.05) is 28.1 Å². The zero-order chi connectivity index (χ0) is 16.3. The number of carbonyl (C=O) groups is 3. The van der Waals surface area contributed by atoms with Gasteiger partial charge in [-0.05, 0) is 18.2 Å². The molecular weight excluding hydrogens is 362 g/mol. The van der Waals surface area contributed by atoms with Crippen molar-refractivity contribution in [3.8, 4) is 0 Å². The van der Waals surface area contributed by atoms with Gasteiger partial charge in [-0.15, -0.1) is 0 Å². The molecule has 0 aliphatic rings. The van der Waals surface area contributed by atoms with E-state index in [1.807, 2.05) is 0 Å². The number of thiocarbonyl (C=S) groups is 1. The molecule has 0 heterocycles. The Bertz CT molecular complexity index is 615. The summed E-state index contributed by atoms with van der Waals surface area (Å²) >= 11 is 8.19. The van der Waals surface area contributed by atoms with Crippen LogP contribution in [0.15, 0.2) is 22.7 Å². The number of hydrogen-bond acceptors (Lipinski definition) is 4. The number of carboxylic acid groups (broad SMARTS) is 2. The van der Waals surface area contributed by atoms with E-state index >= 15 is 0 Å². The van der Waals surface area contributed by atoms with E-state index in [0.29, 0.717) is 4.47 Å². The van der Waals surface area contributed by atoms with Crippen LogP contribution in [0.1, 0.15) is 15.9 Å². The first kappa shape index (κ1) is 17.3. The molecule has 21 heavy (non-hydrogen) atoms. The standard InChI is InChI=1S/C13H12BrNO5S/c1-15(2)11(16)7-4-3-6(14)5-8(7)10(21)9(12(17)18)13(19)20/h3-5,9H,1-2H3,(H,17,18)(H,19,20). The van der Waals surface area contributed by atoms with Gasteiger partial charge in [-0.2, -0.15) is 0 Å². The van der Waals surface area contributed by atoms with E-state index in [2.05, 4.69) is 15.9 Å². The van der Waals surface area contributed by atoms with Gasteiger partial charge in [0.1, 0.15) is 0 Å². The molecule has 0 aliphatic carbocycles. The van der Waals surface area contributed by atoms with Gasteiger partial charge in [0, 0.05) is 34.6 Å². The number of rotatable bonds is 5. The Morgan fingerprint density at radius 3 is 2.10 bits per heavy atom. The monoisotopic (exact) mass is 373 g/mol. The lowest BCUT2D eigenvalue weighted by Crippen LogP contribution is -2.33. The molecule has 8 heteroatoms. The van der Waals surface area contributed by atoms with Crippen LogP contribution in [-0.4, -0.2) is 51.9 Å². The lowest BCUT2D eigenvalue weighted by atomic mass is 9.94. The Morgan fingerprint density at radius 2 is 1.67 bits per heavy atom. The van der Waals surface area contributed by atoms with Crippen LogP contribution >= 0.6 is 28.1 Å². The maximum Gasteiger partial charge on any atom is 0.323 e. The van der Waals surface area contributed by atoms with Gasteiger partial charge in [-0.25, -0.2) is 0 Å². The minimum absolute atomic E-state index is 0.118. The van der Waals surface area contributed by atoms with Crippen LogP contribution in [0.3, 0.4) is 0 Å². The highest BCUT2D eigenvalue weighted by atomic mass is 79.9. The van der Waals surface area contributed by atoms with Gasteiger partial charge in [-0.3, -0.25) is 14.4 Å². The summed E-state index contributed by atoms with van der Waals surface area (Å²) in [5, 5.41) is 18.0. The molecule has 0 aromatic heterocycles. The molecule has 0 saturated carbocycles. The molecule has 1 aromatic rings. The van der Waals surface area contributed by atoms with Crippen molar-refractivity contribution in [1.29, 1.82) is 0 Å². The number of benzene rings is 1. The van der Waals surface area contributed by atoms with Gasteiger partial charge in [0.05, 0.1) is 0 Å². The van der Waals surface area contributed by atoms with Gasteiger partial charge in [0.15, 0.2) is 5.92 Å². The molecule has 0 unspecified atom stereocenters. The first-order valence-corrected chi connectivity index (χ1v) is 6.88. The van der Waals surface area contributed by atoms with Crippen molar-refractivity contribution in [2.45, 2.75) is 0 Å². The maximum atomic E-state index is 12.1. The maximum absolute atomic E-state index is 12.1. The van der Waals surface area contributed by atoms with E-state index < -0.39 is 23.8 Å². The number of hydrogen-bond donors (Lipinski definition) is 2. The Kier molecular flexibility index (Phi) is 5.56. The molecule has 0 bridgehead atoms. The summed E-state index contributed by atoms with van der Waals surface area (Å²) in [6.07, 6.45) is 0. The lowest BCUT2D eigenvalue weighted by molar-refractivity contribution is -0.150. The van der Waals surface area contributed by atoms with E-state index in [1.54, 1.807) is 6.07 Å². The molecule has 2 N–H and O–H groups in total. The Labute approximate surface area is 134 Å². The van der Waals surface area contributed by atoms with Crippen molar-refractivity contribution in [2.75, 3.05) is 14.1 Å². The molecule has 0 radical (unpaired) electrons. The van der Waals surface area contributed by atoms with Crippen molar-refractivity contribution >= 4 is 50.9 Å². The van der Waals surface area contributed by atoms with Crippen molar-refractivity contribution in [1.82, 2.24) is 4.90 Å². The predicted octanol–water partition coefficient (Wildman–Crippen LogP) is 1.65. The third-order valence-electron chi connectivity index (χ3n) is 2.64. The minimum Gasteiger partial charge on any atom is -0.480 e. The zero-order valence-corrected chi connectivity index (χ0v) is 13.6. The highest BCUT2D eigenvalue weighted by molar-refractivity contribution is 9.10. The van der Waals surface area contributed by atoms with Crippen molar-refractivity contribution in [2.24, 2.45) is 5.92 Å². The zero-order valence-electron chi connectivity index (χ0n) is 11.2. The molecule has 1 amide bonds. The molecule has 1 rings (SSSR count). The fourth-order valence-electron chi connectivity index (χ4n) is 1.63. The molecule has 6 nitrogen and oxygen atoms in total. The van der Waals surface area contributed by atoms with E-state index in [4.69, 9.17) is 22.4 Å². The fraction of sp³-hybridized carbons (Fsp3) is 0.231. The smallest absolute Gasteiger partial charge is 0.323 e. The number of carboxylic acids is 2. The van der Waals surface area contributed by atoms with E-state index in [1.165, 1.54) is 31.1 Å². The summed E-state index contributed by atoms with van der Waals surface area (Å²) in [5.41, 5.74) is 0.272.